The molecule has 0 N–H and O–H groups in total. The second kappa shape index (κ2) is 6.39. The molecule has 1 aliphatic heterocycles. The van der Waals surface area contributed by atoms with Crippen molar-refractivity contribution in [3.05, 3.63) is 0 Å². The Bertz CT molecular complexity index is 217. The van der Waals surface area contributed by atoms with Gasteiger partial charge >= 0.3 is 0 Å². The van der Waals surface area contributed by atoms with Crippen molar-refractivity contribution >= 4 is 5.78 Å². The lowest BCUT2D eigenvalue weighted by Gasteiger charge is -2.39. The van der Waals surface area contributed by atoms with Crippen LogP contribution in [0.5, 0.6) is 0 Å². The summed E-state index contributed by atoms with van der Waals surface area (Å²) in [4.78, 5) is 14.6. The number of carbonyl (C=O) groups excluding carboxylic acids is 1. The van der Waals surface area contributed by atoms with Crippen LogP contribution in [0.3, 0.4) is 0 Å². The van der Waals surface area contributed by atoms with Crippen LogP contribution in [0.25, 0.3) is 0 Å². The van der Waals surface area contributed by atoms with Crippen LogP contribution in [0.1, 0.15) is 65.7 Å². The van der Waals surface area contributed by atoms with E-state index in [1.807, 2.05) is 0 Å². The summed E-state index contributed by atoms with van der Waals surface area (Å²) in [5.41, 5.74) is -0.228. The highest BCUT2D eigenvalue weighted by molar-refractivity contribution is 5.87. The molecule has 1 aliphatic rings. The van der Waals surface area contributed by atoms with E-state index in [-0.39, 0.29) is 5.54 Å². The van der Waals surface area contributed by atoms with Crippen molar-refractivity contribution < 1.29 is 4.79 Å². The molecule has 0 aromatic rings. The summed E-state index contributed by atoms with van der Waals surface area (Å²) in [5.74, 6) is 0.433. The number of nitrogens with zero attached hydrogens (tertiary/aromatic N) is 1. The van der Waals surface area contributed by atoms with Gasteiger partial charge in [-0.3, -0.25) is 9.69 Å². The van der Waals surface area contributed by atoms with Gasteiger partial charge in [0.25, 0.3) is 0 Å². The standard InChI is InChI=1S/C14H27NO/c1-4-5-7-10-13(16)14(2,3)15-11-8-6-9-12-15/h4-12H2,1-3H3. The number of hydrogen-bond donors (Lipinski definition) is 0. The van der Waals surface area contributed by atoms with Crippen molar-refractivity contribution in [2.75, 3.05) is 13.1 Å². The van der Waals surface area contributed by atoms with E-state index in [4.69, 9.17) is 0 Å². The van der Waals surface area contributed by atoms with Gasteiger partial charge in [-0.15, -0.1) is 0 Å². The van der Waals surface area contributed by atoms with Gasteiger partial charge in [0.15, 0.2) is 5.78 Å². The number of Topliss-reactive ketones (excluding diaryl/α,β-unsaturated/α-hetero) is 1. The summed E-state index contributed by atoms with van der Waals surface area (Å²) in [6.45, 7) is 8.60. The second-order valence-corrected chi connectivity index (χ2v) is 5.49. The fourth-order valence-electron chi connectivity index (χ4n) is 2.47. The van der Waals surface area contributed by atoms with Crippen molar-refractivity contribution in [3.8, 4) is 0 Å². The third-order valence-corrected chi connectivity index (χ3v) is 3.84. The summed E-state index contributed by atoms with van der Waals surface area (Å²) in [6.07, 6.45) is 8.04. The average molecular weight is 225 g/mol. The fraction of sp³-hybridized carbons (Fsp3) is 0.929. The monoisotopic (exact) mass is 225 g/mol. The summed E-state index contributed by atoms with van der Waals surface area (Å²) < 4.78 is 0. The van der Waals surface area contributed by atoms with Gasteiger partial charge in [0.1, 0.15) is 0 Å². The molecule has 0 spiro atoms. The average Bonchev–Trinajstić information content (AvgIpc) is 2.30. The van der Waals surface area contributed by atoms with Crippen LogP contribution in [0.4, 0.5) is 0 Å². The van der Waals surface area contributed by atoms with Crippen LogP contribution in [-0.4, -0.2) is 29.3 Å². The normalized spacial score (nSPS) is 18.7. The minimum absolute atomic E-state index is 0.228. The Kier molecular flexibility index (Phi) is 5.47. The van der Waals surface area contributed by atoms with E-state index in [1.165, 1.54) is 32.1 Å². The number of unbranched alkanes of at least 4 members (excludes halogenated alkanes) is 2. The highest BCUT2D eigenvalue weighted by Gasteiger charge is 2.33. The molecule has 0 saturated carbocycles. The number of hydrogen-bond acceptors (Lipinski definition) is 2. The van der Waals surface area contributed by atoms with Crippen molar-refractivity contribution in [2.24, 2.45) is 0 Å². The first-order chi connectivity index (χ1) is 7.59. The number of carbonyl (C=O) groups is 1. The number of likely N-dealkylation sites (tertiary alicyclic amines) is 1. The quantitative estimate of drug-likeness (QED) is 0.646. The van der Waals surface area contributed by atoms with Crippen LogP contribution in [0.2, 0.25) is 0 Å². The Morgan fingerprint density at radius 1 is 1.12 bits per heavy atom. The van der Waals surface area contributed by atoms with Gasteiger partial charge in [-0.25, -0.2) is 0 Å². The topological polar surface area (TPSA) is 20.3 Å². The molecule has 1 rings (SSSR count). The lowest BCUT2D eigenvalue weighted by atomic mass is 9.90. The molecule has 0 aliphatic carbocycles. The predicted molar refractivity (Wildman–Crippen MR) is 68.7 cm³/mol. The third-order valence-electron chi connectivity index (χ3n) is 3.84. The Labute approximate surface area is 100 Å². The predicted octanol–water partition coefficient (Wildman–Crippen LogP) is 3.40. The van der Waals surface area contributed by atoms with E-state index in [0.29, 0.717) is 5.78 Å². The van der Waals surface area contributed by atoms with Crippen molar-refractivity contribution in [1.82, 2.24) is 4.90 Å². The molecule has 0 aromatic heterocycles. The van der Waals surface area contributed by atoms with Crippen LogP contribution in [-0.2, 0) is 4.79 Å². The zero-order valence-electron chi connectivity index (χ0n) is 11.2. The molecule has 0 unspecified atom stereocenters. The van der Waals surface area contributed by atoms with Gasteiger partial charge in [0.2, 0.25) is 0 Å². The Hall–Kier alpha value is -0.370. The summed E-state index contributed by atoms with van der Waals surface area (Å²) in [6, 6.07) is 0. The second-order valence-electron chi connectivity index (χ2n) is 5.49. The Morgan fingerprint density at radius 3 is 2.31 bits per heavy atom. The van der Waals surface area contributed by atoms with Gasteiger partial charge in [-0.1, -0.05) is 26.2 Å². The molecule has 0 radical (unpaired) electrons. The molecule has 1 fully saturated rings. The van der Waals surface area contributed by atoms with Gasteiger partial charge in [0.05, 0.1) is 5.54 Å². The van der Waals surface area contributed by atoms with Crippen LogP contribution < -0.4 is 0 Å². The van der Waals surface area contributed by atoms with E-state index in [9.17, 15) is 4.79 Å². The maximum atomic E-state index is 12.2. The van der Waals surface area contributed by atoms with E-state index in [2.05, 4.69) is 25.7 Å². The van der Waals surface area contributed by atoms with E-state index < -0.39 is 0 Å². The van der Waals surface area contributed by atoms with E-state index >= 15 is 0 Å². The summed E-state index contributed by atoms with van der Waals surface area (Å²) in [7, 11) is 0. The van der Waals surface area contributed by atoms with Crippen molar-refractivity contribution in [1.29, 1.82) is 0 Å². The van der Waals surface area contributed by atoms with Gasteiger partial charge in [-0.2, -0.15) is 0 Å². The molecular weight excluding hydrogens is 198 g/mol. The molecule has 0 amide bonds. The first-order valence-corrected chi connectivity index (χ1v) is 6.87. The molecule has 2 heteroatoms. The molecule has 16 heavy (non-hydrogen) atoms. The van der Waals surface area contributed by atoms with Crippen molar-refractivity contribution in [2.45, 2.75) is 71.3 Å². The molecule has 2 nitrogen and oxygen atoms in total. The molecule has 1 saturated heterocycles. The third kappa shape index (κ3) is 3.58. The largest absolute Gasteiger partial charge is 0.298 e. The first kappa shape index (κ1) is 13.7. The Balaban J connectivity index is 2.43. The molecule has 1 heterocycles. The Morgan fingerprint density at radius 2 is 1.75 bits per heavy atom. The van der Waals surface area contributed by atoms with Gasteiger partial charge < -0.3 is 0 Å². The summed E-state index contributed by atoms with van der Waals surface area (Å²) >= 11 is 0. The SMILES string of the molecule is CCCCCC(=O)C(C)(C)N1CCCCC1. The number of ketones is 1. The van der Waals surface area contributed by atoms with Crippen LogP contribution >= 0.6 is 0 Å². The zero-order valence-corrected chi connectivity index (χ0v) is 11.2. The fourth-order valence-corrected chi connectivity index (χ4v) is 2.47. The molecule has 0 aromatic carbocycles. The molecule has 94 valence electrons. The molecule has 0 bridgehead atoms. The highest BCUT2D eigenvalue weighted by atomic mass is 16.1. The maximum absolute atomic E-state index is 12.2. The molecule has 0 atom stereocenters. The maximum Gasteiger partial charge on any atom is 0.152 e. The summed E-state index contributed by atoms with van der Waals surface area (Å²) in [5, 5.41) is 0. The lowest BCUT2D eigenvalue weighted by molar-refractivity contribution is -0.130. The van der Waals surface area contributed by atoms with Gasteiger partial charge in [0, 0.05) is 6.42 Å². The van der Waals surface area contributed by atoms with Crippen LogP contribution in [0, 0.1) is 0 Å². The first-order valence-electron chi connectivity index (χ1n) is 6.87. The van der Waals surface area contributed by atoms with E-state index in [1.54, 1.807) is 0 Å². The number of rotatable bonds is 6. The van der Waals surface area contributed by atoms with Gasteiger partial charge in [-0.05, 0) is 46.2 Å². The highest BCUT2D eigenvalue weighted by Crippen LogP contribution is 2.23. The smallest absolute Gasteiger partial charge is 0.152 e. The minimum Gasteiger partial charge on any atom is -0.298 e. The number of piperidine rings is 1. The van der Waals surface area contributed by atoms with E-state index in [0.717, 1.165) is 25.9 Å². The minimum atomic E-state index is -0.228. The zero-order chi connectivity index (χ0) is 12.0. The van der Waals surface area contributed by atoms with Crippen LogP contribution in [0.15, 0.2) is 0 Å². The molecular formula is C14H27NO. The van der Waals surface area contributed by atoms with Crippen molar-refractivity contribution in [3.63, 3.8) is 0 Å². The lowest BCUT2D eigenvalue weighted by Crippen LogP contribution is -2.52.